The summed E-state index contributed by atoms with van der Waals surface area (Å²) in [4.78, 5) is 23.0. The van der Waals surface area contributed by atoms with E-state index < -0.39 is 18.2 Å². The molecular weight excluding hydrogens is 314 g/mol. The highest BCUT2D eigenvalue weighted by Crippen LogP contribution is 2.23. The van der Waals surface area contributed by atoms with Crippen LogP contribution in [0.15, 0.2) is 24.3 Å². The van der Waals surface area contributed by atoms with Crippen molar-refractivity contribution in [3.63, 3.8) is 0 Å². The molecular formula is C17H21NO6. The van der Waals surface area contributed by atoms with Crippen LogP contribution in [-0.2, 0) is 19.1 Å². The smallest absolute Gasteiger partial charge is 0.332 e. The molecule has 1 aromatic carbocycles. The molecule has 0 aliphatic carbocycles. The lowest BCUT2D eigenvalue weighted by Gasteiger charge is -2.14. The number of hydrogen-bond acceptors (Lipinski definition) is 5. The second-order valence-electron chi connectivity index (χ2n) is 5.99. The Morgan fingerprint density at radius 3 is 2.79 bits per heavy atom. The first kappa shape index (κ1) is 16.7. The number of carbonyl (C=O) groups excluding carboxylic acids is 1. The van der Waals surface area contributed by atoms with Gasteiger partial charge in [0.2, 0.25) is 0 Å². The van der Waals surface area contributed by atoms with E-state index in [1.807, 2.05) is 6.07 Å². The SMILES string of the molecule is O=C(Nc1cccc(OCC2CCCO2)c1)[C@@H]1CC[C@H](C(=O)O)O1. The predicted molar refractivity (Wildman–Crippen MR) is 85.1 cm³/mol. The van der Waals surface area contributed by atoms with Crippen molar-refractivity contribution in [2.24, 2.45) is 0 Å². The molecule has 7 heteroatoms. The molecule has 130 valence electrons. The van der Waals surface area contributed by atoms with Crippen molar-refractivity contribution in [1.29, 1.82) is 0 Å². The van der Waals surface area contributed by atoms with Crippen LogP contribution in [0.3, 0.4) is 0 Å². The Morgan fingerprint density at radius 2 is 2.08 bits per heavy atom. The zero-order valence-electron chi connectivity index (χ0n) is 13.3. The maximum Gasteiger partial charge on any atom is 0.332 e. The van der Waals surface area contributed by atoms with Crippen molar-refractivity contribution >= 4 is 17.6 Å². The molecule has 2 heterocycles. The number of nitrogens with one attached hydrogen (secondary N) is 1. The predicted octanol–water partition coefficient (Wildman–Crippen LogP) is 1.82. The van der Waals surface area contributed by atoms with E-state index in [4.69, 9.17) is 19.3 Å². The summed E-state index contributed by atoms with van der Waals surface area (Å²) in [6.45, 7) is 1.27. The Bertz CT molecular complexity index is 598. The molecule has 2 fully saturated rings. The fourth-order valence-electron chi connectivity index (χ4n) is 2.86. The van der Waals surface area contributed by atoms with Crippen molar-refractivity contribution < 1.29 is 28.9 Å². The van der Waals surface area contributed by atoms with Crippen molar-refractivity contribution in [3.8, 4) is 5.75 Å². The maximum absolute atomic E-state index is 12.2. The fourth-order valence-corrected chi connectivity index (χ4v) is 2.86. The third-order valence-corrected chi connectivity index (χ3v) is 4.15. The number of carbonyl (C=O) groups is 2. The first-order chi connectivity index (χ1) is 11.6. The molecule has 1 amide bonds. The Balaban J connectivity index is 1.52. The molecule has 0 spiro atoms. The molecule has 24 heavy (non-hydrogen) atoms. The molecule has 7 nitrogen and oxygen atoms in total. The fraction of sp³-hybridized carbons (Fsp3) is 0.529. The first-order valence-corrected chi connectivity index (χ1v) is 8.15. The largest absolute Gasteiger partial charge is 0.491 e. The lowest BCUT2D eigenvalue weighted by atomic mass is 10.2. The average Bonchev–Trinajstić information content (AvgIpc) is 3.25. The van der Waals surface area contributed by atoms with Gasteiger partial charge in [0.25, 0.3) is 5.91 Å². The molecule has 0 aromatic heterocycles. The van der Waals surface area contributed by atoms with E-state index >= 15 is 0 Å². The minimum absolute atomic E-state index is 0.128. The van der Waals surface area contributed by atoms with Gasteiger partial charge in [0.05, 0.1) is 6.10 Å². The minimum Gasteiger partial charge on any atom is -0.491 e. The molecule has 2 saturated heterocycles. The van der Waals surface area contributed by atoms with E-state index in [-0.39, 0.29) is 12.0 Å². The van der Waals surface area contributed by atoms with Crippen molar-refractivity contribution in [2.75, 3.05) is 18.5 Å². The van der Waals surface area contributed by atoms with Gasteiger partial charge in [-0.3, -0.25) is 4.79 Å². The lowest BCUT2D eigenvalue weighted by Crippen LogP contribution is -2.29. The van der Waals surface area contributed by atoms with Gasteiger partial charge in [0, 0.05) is 18.4 Å². The van der Waals surface area contributed by atoms with Crippen molar-refractivity contribution in [2.45, 2.75) is 44.0 Å². The molecule has 0 radical (unpaired) electrons. The number of aliphatic carboxylic acids is 1. The highest BCUT2D eigenvalue weighted by molar-refractivity contribution is 5.94. The Hall–Kier alpha value is -2.12. The summed E-state index contributed by atoms with van der Waals surface area (Å²) < 4.78 is 16.5. The summed E-state index contributed by atoms with van der Waals surface area (Å²) in [5.41, 5.74) is 0.590. The number of carboxylic acids is 1. The molecule has 3 atom stereocenters. The van der Waals surface area contributed by atoms with Crippen LogP contribution in [-0.4, -0.2) is 48.5 Å². The van der Waals surface area contributed by atoms with Crippen LogP contribution in [0.1, 0.15) is 25.7 Å². The highest BCUT2D eigenvalue weighted by Gasteiger charge is 2.34. The normalized spacial score (nSPS) is 26.2. The number of hydrogen-bond donors (Lipinski definition) is 2. The van der Waals surface area contributed by atoms with Gasteiger partial charge in [0.1, 0.15) is 18.5 Å². The number of anilines is 1. The van der Waals surface area contributed by atoms with Gasteiger partial charge in [-0.25, -0.2) is 4.79 Å². The second kappa shape index (κ2) is 7.63. The number of ether oxygens (including phenoxy) is 3. The standard InChI is InChI=1S/C17H21NO6/c19-16(14-6-7-15(24-14)17(20)21)18-11-3-1-4-12(9-11)23-10-13-5-2-8-22-13/h1,3-4,9,13-15H,2,5-8,10H2,(H,18,19)(H,20,21)/t13?,14-,15+/m0/s1. The molecule has 0 bridgehead atoms. The number of carboxylic acid groups (broad SMARTS) is 1. The molecule has 2 aliphatic heterocycles. The molecule has 2 aliphatic rings. The zero-order chi connectivity index (χ0) is 16.9. The third-order valence-electron chi connectivity index (χ3n) is 4.15. The number of amides is 1. The Kier molecular flexibility index (Phi) is 5.32. The summed E-state index contributed by atoms with van der Waals surface area (Å²) in [5.74, 6) is -0.719. The van der Waals surface area contributed by atoms with Crippen LogP contribution in [0.25, 0.3) is 0 Å². The highest BCUT2D eigenvalue weighted by atomic mass is 16.5. The Morgan fingerprint density at radius 1 is 1.25 bits per heavy atom. The van der Waals surface area contributed by atoms with Crippen molar-refractivity contribution in [1.82, 2.24) is 0 Å². The Labute approximate surface area is 139 Å². The van der Waals surface area contributed by atoms with Crippen LogP contribution in [0.2, 0.25) is 0 Å². The van der Waals surface area contributed by atoms with Crippen LogP contribution in [0, 0.1) is 0 Å². The topological polar surface area (TPSA) is 94.1 Å². The molecule has 0 saturated carbocycles. The van der Waals surface area contributed by atoms with Crippen LogP contribution in [0.4, 0.5) is 5.69 Å². The van der Waals surface area contributed by atoms with E-state index in [9.17, 15) is 9.59 Å². The van der Waals surface area contributed by atoms with Gasteiger partial charge in [-0.05, 0) is 37.8 Å². The summed E-state index contributed by atoms with van der Waals surface area (Å²) in [6.07, 6.45) is 1.30. The van der Waals surface area contributed by atoms with E-state index in [0.29, 0.717) is 30.9 Å². The van der Waals surface area contributed by atoms with E-state index in [0.717, 1.165) is 19.4 Å². The third kappa shape index (κ3) is 4.24. The minimum atomic E-state index is -1.03. The summed E-state index contributed by atoms with van der Waals surface area (Å²) in [6, 6.07) is 7.09. The summed E-state index contributed by atoms with van der Waals surface area (Å²) in [7, 11) is 0. The monoisotopic (exact) mass is 335 g/mol. The summed E-state index contributed by atoms with van der Waals surface area (Å²) in [5, 5.41) is 11.6. The van der Waals surface area contributed by atoms with Crippen LogP contribution >= 0.6 is 0 Å². The van der Waals surface area contributed by atoms with Gasteiger partial charge in [0.15, 0.2) is 6.10 Å². The van der Waals surface area contributed by atoms with E-state index in [1.165, 1.54) is 0 Å². The second-order valence-corrected chi connectivity index (χ2v) is 5.99. The van der Waals surface area contributed by atoms with Gasteiger partial charge < -0.3 is 24.6 Å². The molecule has 1 unspecified atom stereocenters. The van der Waals surface area contributed by atoms with Crippen LogP contribution < -0.4 is 10.1 Å². The quantitative estimate of drug-likeness (QED) is 0.823. The van der Waals surface area contributed by atoms with Crippen LogP contribution in [0.5, 0.6) is 5.75 Å². The van der Waals surface area contributed by atoms with Gasteiger partial charge in [-0.15, -0.1) is 0 Å². The van der Waals surface area contributed by atoms with E-state index in [1.54, 1.807) is 18.2 Å². The first-order valence-electron chi connectivity index (χ1n) is 8.15. The van der Waals surface area contributed by atoms with E-state index in [2.05, 4.69) is 5.32 Å². The molecule has 2 N–H and O–H groups in total. The number of benzene rings is 1. The molecule has 1 aromatic rings. The van der Waals surface area contributed by atoms with Gasteiger partial charge in [-0.1, -0.05) is 6.07 Å². The van der Waals surface area contributed by atoms with Gasteiger partial charge >= 0.3 is 5.97 Å². The molecule has 3 rings (SSSR count). The zero-order valence-corrected chi connectivity index (χ0v) is 13.3. The summed E-state index contributed by atoms with van der Waals surface area (Å²) >= 11 is 0. The maximum atomic E-state index is 12.2. The van der Waals surface area contributed by atoms with Gasteiger partial charge in [-0.2, -0.15) is 0 Å². The lowest BCUT2D eigenvalue weighted by molar-refractivity contribution is -0.150. The average molecular weight is 335 g/mol. The van der Waals surface area contributed by atoms with Crippen molar-refractivity contribution in [3.05, 3.63) is 24.3 Å². The number of rotatable bonds is 6.